The molecule has 1 aromatic rings. The Labute approximate surface area is 144 Å². The van der Waals surface area contributed by atoms with E-state index < -0.39 is 10.0 Å². The van der Waals surface area contributed by atoms with E-state index in [2.05, 4.69) is 5.92 Å². The second-order valence-electron chi connectivity index (χ2n) is 6.07. The summed E-state index contributed by atoms with van der Waals surface area (Å²) in [7, 11) is -1.38. The van der Waals surface area contributed by atoms with E-state index in [4.69, 9.17) is 6.42 Å². The van der Waals surface area contributed by atoms with Crippen molar-refractivity contribution in [1.29, 1.82) is 0 Å². The Bertz CT molecular complexity index is 720. The molecule has 1 heterocycles. The Morgan fingerprint density at radius 1 is 1.38 bits per heavy atom. The van der Waals surface area contributed by atoms with E-state index in [1.807, 2.05) is 31.2 Å². The highest BCUT2D eigenvalue weighted by Crippen LogP contribution is 2.27. The summed E-state index contributed by atoms with van der Waals surface area (Å²) in [5, 5.41) is 0. The highest BCUT2D eigenvalue weighted by molar-refractivity contribution is 7.93. The Hall–Kier alpha value is -2.00. The largest absolute Gasteiger partial charge is 0.339 e. The first-order valence-electron chi connectivity index (χ1n) is 8.16. The molecule has 1 aliphatic rings. The number of carbonyl (C=O) groups is 1. The quantitative estimate of drug-likeness (QED) is 0.586. The third-order valence-electron chi connectivity index (χ3n) is 4.45. The van der Waals surface area contributed by atoms with Gasteiger partial charge < -0.3 is 4.90 Å². The van der Waals surface area contributed by atoms with Gasteiger partial charge in [-0.2, -0.15) is 0 Å². The second-order valence-corrected chi connectivity index (χ2v) is 8.08. The van der Waals surface area contributed by atoms with E-state index in [1.54, 1.807) is 11.9 Å². The van der Waals surface area contributed by atoms with Crippen LogP contribution in [0, 0.1) is 12.3 Å². The van der Waals surface area contributed by atoms with Crippen LogP contribution in [0.5, 0.6) is 0 Å². The summed E-state index contributed by atoms with van der Waals surface area (Å²) in [6.07, 6.45) is 7.60. The predicted molar refractivity (Wildman–Crippen MR) is 96.1 cm³/mol. The van der Waals surface area contributed by atoms with E-state index >= 15 is 0 Å². The van der Waals surface area contributed by atoms with Crippen LogP contribution in [0.15, 0.2) is 24.3 Å². The summed E-state index contributed by atoms with van der Waals surface area (Å²) in [5.74, 6) is 2.81. The zero-order valence-electron chi connectivity index (χ0n) is 14.2. The first-order chi connectivity index (χ1) is 11.4. The molecule has 1 aromatic carbocycles. The molecule has 0 unspecified atom stereocenters. The molecule has 5 nitrogen and oxygen atoms in total. The molecule has 0 saturated carbocycles. The summed E-state index contributed by atoms with van der Waals surface area (Å²) in [5.41, 5.74) is 1.66. The van der Waals surface area contributed by atoms with Crippen LogP contribution in [0.3, 0.4) is 0 Å². The predicted octanol–water partition coefficient (Wildman–Crippen LogP) is 2.55. The molecular formula is C18H24N2O3S. The SMILES string of the molecule is C#CCCCC(=O)N(C)[C@H](C)c1ccc(N2CCCS2(=O)=O)cc1. The molecule has 0 N–H and O–H groups in total. The number of terminal acetylenes is 1. The Balaban J connectivity index is 2.04. The molecule has 24 heavy (non-hydrogen) atoms. The van der Waals surface area contributed by atoms with Crippen molar-refractivity contribution >= 4 is 21.6 Å². The van der Waals surface area contributed by atoms with Crippen LogP contribution in [0.2, 0.25) is 0 Å². The maximum atomic E-state index is 12.2. The van der Waals surface area contributed by atoms with Crippen LogP contribution in [-0.2, 0) is 14.8 Å². The minimum atomic E-state index is -3.16. The van der Waals surface area contributed by atoms with Gasteiger partial charge in [0.1, 0.15) is 0 Å². The van der Waals surface area contributed by atoms with Crippen LogP contribution in [0.25, 0.3) is 0 Å². The van der Waals surface area contributed by atoms with Gasteiger partial charge in [0.15, 0.2) is 0 Å². The summed E-state index contributed by atoms with van der Waals surface area (Å²) in [4.78, 5) is 13.9. The van der Waals surface area contributed by atoms with Crippen LogP contribution < -0.4 is 4.31 Å². The van der Waals surface area contributed by atoms with Gasteiger partial charge in [-0.3, -0.25) is 9.10 Å². The number of hydrogen-bond donors (Lipinski definition) is 0. The molecular weight excluding hydrogens is 324 g/mol. The zero-order chi connectivity index (χ0) is 17.7. The lowest BCUT2D eigenvalue weighted by molar-refractivity contribution is -0.131. The van der Waals surface area contributed by atoms with Gasteiger partial charge in [-0.1, -0.05) is 12.1 Å². The van der Waals surface area contributed by atoms with Gasteiger partial charge in [0.05, 0.1) is 17.5 Å². The van der Waals surface area contributed by atoms with Gasteiger partial charge in [-0.25, -0.2) is 8.42 Å². The average Bonchev–Trinajstić information content (AvgIpc) is 2.93. The topological polar surface area (TPSA) is 57.7 Å². The van der Waals surface area contributed by atoms with Gasteiger partial charge in [0.2, 0.25) is 15.9 Å². The maximum absolute atomic E-state index is 12.2. The van der Waals surface area contributed by atoms with E-state index in [-0.39, 0.29) is 17.7 Å². The molecule has 0 aliphatic carbocycles. The number of carbonyl (C=O) groups excluding carboxylic acids is 1. The molecule has 2 rings (SSSR count). The summed E-state index contributed by atoms with van der Waals surface area (Å²) < 4.78 is 25.4. The van der Waals surface area contributed by atoms with Crippen LogP contribution >= 0.6 is 0 Å². The molecule has 1 atom stereocenters. The zero-order valence-corrected chi connectivity index (χ0v) is 15.1. The Morgan fingerprint density at radius 3 is 2.58 bits per heavy atom. The van der Waals surface area contributed by atoms with Crippen molar-refractivity contribution in [2.75, 3.05) is 23.7 Å². The fourth-order valence-electron chi connectivity index (χ4n) is 2.81. The minimum absolute atomic E-state index is 0.0592. The first-order valence-corrected chi connectivity index (χ1v) is 9.77. The molecule has 1 saturated heterocycles. The number of unbranched alkanes of at least 4 members (excludes halogenated alkanes) is 1. The molecule has 1 aliphatic heterocycles. The van der Waals surface area contributed by atoms with Crippen molar-refractivity contribution in [2.24, 2.45) is 0 Å². The lowest BCUT2D eigenvalue weighted by atomic mass is 10.1. The number of sulfonamides is 1. The number of nitrogens with zero attached hydrogens (tertiary/aromatic N) is 2. The average molecular weight is 348 g/mol. The summed E-state index contributed by atoms with van der Waals surface area (Å²) >= 11 is 0. The highest BCUT2D eigenvalue weighted by Gasteiger charge is 2.28. The number of amides is 1. The van der Waals surface area contributed by atoms with E-state index in [0.717, 1.165) is 5.56 Å². The number of hydrogen-bond acceptors (Lipinski definition) is 3. The number of benzene rings is 1. The number of anilines is 1. The van der Waals surface area contributed by atoms with Crippen LogP contribution in [0.4, 0.5) is 5.69 Å². The van der Waals surface area contributed by atoms with Gasteiger partial charge in [0, 0.05) is 26.4 Å². The molecule has 1 fully saturated rings. The van der Waals surface area contributed by atoms with Crippen molar-refractivity contribution in [3.05, 3.63) is 29.8 Å². The normalized spacial score (nSPS) is 17.3. The van der Waals surface area contributed by atoms with Crippen molar-refractivity contribution < 1.29 is 13.2 Å². The number of rotatable bonds is 6. The van der Waals surface area contributed by atoms with E-state index in [0.29, 0.717) is 37.9 Å². The van der Waals surface area contributed by atoms with Crippen molar-refractivity contribution in [2.45, 2.75) is 38.6 Å². The van der Waals surface area contributed by atoms with Gasteiger partial charge in [-0.05, 0) is 37.5 Å². The minimum Gasteiger partial charge on any atom is -0.339 e. The van der Waals surface area contributed by atoms with Crippen molar-refractivity contribution in [3.8, 4) is 12.3 Å². The highest BCUT2D eigenvalue weighted by atomic mass is 32.2. The van der Waals surface area contributed by atoms with E-state index in [9.17, 15) is 13.2 Å². The molecule has 6 heteroatoms. The lowest BCUT2D eigenvalue weighted by Gasteiger charge is -2.26. The monoisotopic (exact) mass is 348 g/mol. The van der Waals surface area contributed by atoms with Crippen LogP contribution in [-0.4, -0.2) is 38.6 Å². The van der Waals surface area contributed by atoms with Gasteiger partial charge >= 0.3 is 0 Å². The molecule has 0 aromatic heterocycles. The third kappa shape index (κ3) is 4.09. The molecule has 1 amide bonds. The lowest BCUT2D eigenvalue weighted by Crippen LogP contribution is -2.29. The fraction of sp³-hybridized carbons (Fsp3) is 0.500. The molecule has 0 spiro atoms. The van der Waals surface area contributed by atoms with E-state index in [1.165, 1.54) is 4.31 Å². The van der Waals surface area contributed by atoms with Crippen molar-refractivity contribution in [3.63, 3.8) is 0 Å². The fourth-order valence-corrected chi connectivity index (χ4v) is 4.37. The molecule has 0 radical (unpaired) electrons. The van der Waals surface area contributed by atoms with Gasteiger partial charge in [0.25, 0.3) is 0 Å². The maximum Gasteiger partial charge on any atom is 0.235 e. The van der Waals surface area contributed by atoms with Gasteiger partial charge in [-0.15, -0.1) is 12.3 Å². The first kappa shape index (κ1) is 18.3. The summed E-state index contributed by atoms with van der Waals surface area (Å²) in [6, 6.07) is 7.32. The molecule has 0 bridgehead atoms. The smallest absolute Gasteiger partial charge is 0.235 e. The van der Waals surface area contributed by atoms with Crippen molar-refractivity contribution in [1.82, 2.24) is 4.90 Å². The Kier molecular flexibility index (Phi) is 5.89. The standard InChI is InChI=1S/C18H24N2O3S/c1-4-5-6-8-18(21)19(3)15(2)16-9-11-17(12-10-16)20-13-7-14-24(20,22)23/h1,9-12,15H,5-8,13-14H2,2-3H3/t15-/m1/s1. The third-order valence-corrected chi connectivity index (χ3v) is 6.32. The second kappa shape index (κ2) is 7.71. The Morgan fingerprint density at radius 2 is 2.04 bits per heavy atom. The molecule has 130 valence electrons. The van der Waals surface area contributed by atoms with Crippen LogP contribution in [0.1, 0.15) is 44.2 Å². The summed E-state index contributed by atoms with van der Waals surface area (Å²) in [6.45, 7) is 2.49.